The number of anilines is 3. The van der Waals surface area contributed by atoms with Gasteiger partial charge in [0.1, 0.15) is 11.4 Å². The molecular formula is C23H25N3O2. The normalized spacial score (nSPS) is 16.0. The summed E-state index contributed by atoms with van der Waals surface area (Å²) in [4.78, 5) is 28.0. The second-order valence-electron chi connectivity index (χ2n) is 7.64. The zero-order valence-electron chi connectivity index (χ0n) is 16.1. The van der Waals surface area contributed by atoms with Crippen molar-refractivity contribution in [3.8, 4) is 0 Å². The first-order valence-electron chi connectivity index (χ1n) is 10.00. The fraction of sp³-hybridized carbons (Fsp3) is 0.348. The van der Waals surface area contributed by atoms with Gasteiger partial charge >= 0.3 is 0 Å². The van der Waals surface area contributed by atoms with Crippen LogP contribution < -0.4 is 21.5 Å². The van der Waals surface area contributed by atoms with Gasteiger partial charge in [-0.3, -0.25) is 14.6 Å². The fourth-order valence-corrected chi connectivity index (χ4v) is 4.02. The molecule has 0 bridgehead atoms. The Bertz CT molecular complexity index is 999. The average Bonchev–Trinajstić information content (AvgIpc) is 2.77. The first-order valence-corrected chi connectivity index (χ1v) is 10.00. The number of nitrogens with one attached hydrogen (secondary N) is 2. The Kier molecular flexibility index (Phi) is 5.24. The Morgan fingerprint density at radius 2 is 1.54 bits per heavy atom. The van der Waals surface area contributed by atoms with Crippen LogP contribution in [0.3, 0.4) is 0 Å². The molecule has 1 aliphatic carbocycles. The van der Waals surface area contributed by atoms with Gasteiger partial charge in [0.2, 0.25) is 0 Å². The predicted octanol–water partition coefficient (Wildman–Crippen LogP) is 4.64. The second-order valence-corrected chi connectivity index (χ2v) is 7.64. The summed E-state index contributed by atoms with van der Waals surface area (Å²) in [5, 5.41) is 6.24. The van der Waals surface area contributed by atoms with Crippen molar-refractivity contribution in [1.29, 1.82) is 0 Å². The van der Waals surface area contributed by atoms with Gasteiger partial charge < -0.3 is 10.6 Å². The average molecular weight is 375 g/mol. The molecule has 1 aromatic heterocycles. The van der Waals surface area contributed by atoms with Gasteiger partial charge in [-0.1, -0.05) is 43.5 Å². The summed E-state index contributed by atoms with van der Waals surface area (Å²) in [5.74, 6) is 0.677. The molecule has 28 heavy (non-hydrogen) atoms. The van der Waals surface area contributed by atoms with Crippen LogP contribution in [0, 0.1) is 0 Å². The van der Waals surface area contributed by atoms with E-state index in [9.17, 15) is 9.59 Å². The van der Waals surface area contributed by atoms with Crippen molar-refractivity contribution in [2.75, 3.05) is 10.6 Å². The number of aromatic nitrogens is 1. The highest BCUT2D eigenvalue weighted by Crippen LogP contribution is 2.33. The van der Waals surface area contributed by atoms with E-state index >= 15 is 0 Å². The van der Waals surface area contributed by atoms with Crippen LogP contribution in [0.4, 0.5) is 17.1 Å². The molecule has 3 aromatic rings. The summed E-state index contributed by atoms with van der Waals surface area (Å²) in [6.07, 6.45) is 9.83. The Morgan fingerprint density at radius 3 is 2.21 bits per heavy atom. The van der Waals surface area contributed by atoms with Gasteiger partial charge in [-0.2, -0.15) is 0 Å². The molecule has 1 heterocycles. The minimum Gasteiger partial charge on any atom is -0.373 e. The first kappa shape index (κ1) is 18.4. The molecule has 2 N–H and O–H groups in total. The van der Waals surface area contributed by atoms with E-state index in [-0.39, 0.29) is 6.04 Å². The number of benzene rings is 1. The Morgan fingerprint density at radius 1 is 0.893 bits per heavy atom. The molecule has 0 radical (unpaired) electrons. The zero-order valence-corrected chi connectivity index (χ0v) is 16.1. The molecule has 0 amide bonds. The third kappa shape index (κ3) is 3.70. The molecular weight excluding hydrogens is 350 g/mol. The second kappa shape index (κ2) is 7.97. The Balaban J connectivity index is 1.46. The smallest absolute Gasteiger partial charge is 0.253 e. The zero-order chi connectivity index (χ0) is 19.5. The van der Waals surface area contributed by atoms with Crippen molar-refractivity contribution in [2.24, 2.45) is 0 Å². The Hall–Kier alpha value is -2.95. The molecule has 0 saturated heterocycles. The monoisotopic (exact) mass is 375 g/mol. The van der Waals surface area contributed by atoms with Crippen molar-refractivity contribution < 1.29 is 0 Å². The number of rotatable bonds is 6. The number of nitrogens with zero attached hydrogens (tertiary/aromatic N) is 1. The van der Waals surface area contributed by atoms with Crippen LogP contribution in [0.1, 0.15) is 62.1 Å². The van der Waals surface area contributed by atoms with Crippen LogP contribution in [0.15, 0.2) is 58.4 Å². The van der Waals surface area contributed by atoms with Crippen molar-refractivity contribution in [3.63, 3.8) is 0 Å². The summed E-state index contributed by atoms with van der Waals surface area (Å²) < 4.78 is 0. The highest BCUT2D eigenvalue weighted by atomic mass is 16.2. The quantitative estimate of drug-likeness (QED) is 0.614. The van der Waals surface area contributed by atoms with E-state index in [1.807, 2.05) is 6.92 Å². The lowest BCUT2D eigenvalue weighted by molar-refractivity contribution is 0.443. The predicted molar refractivity (Wildman–Crippen MR) is 113 cm³/mol. The van der Waals surface area contributed by atoms with Gasteiger partial charge in [-0.15, -0.1) is 0 Å². The minimum absolute atomic E-state index is 0.0679. The van der Waals surface area contributed by atoms with Crippen LogP contribution >= 0.6 is 0 Å². The van der Waals surface area contributed by atoms with Gasteiger partial charge in [0.25, 0.3) is 10.9 Å². The molecule has 5 nitrogen and oxygen atoms in total. The third-order valence-electron chi connectivity index (χ3n) is 5.73. The highest BCUT2D eigenvalue weighted by molar-refractivity contribution is 5.78. The summed E-state index contributed by atoms with van der Waals surface area (Å²) >= 11 is 0. The van der Waals surface area contributed by atoms with Crippen LogP contribution in [-0.2, 0) is 0 Å². The molecule has 1 saturated carbocycles. The Labute approximate surface area is 164 Å². The lowest BCUT2D eigenvalue weighted by Crippen LogP contribution is -2.37. The molecule has 1 atom stereocenters. The molecule has 1 aliphatic rings. The van der Waals surface area contributed by atoms with E-state index in [2.05, 4.69) is 39.9 Å². The van der Waals surface area contributed by atoms with E-state index in [0.717, 1.165) is 11.3 Å². The first-order chi connectivity index (χ1) is 13.6. The van der Waals surface area contributed by atoms with Crippen molar-refractivity contribution in [2.45, 2.75) is 51.0 Å². The summed E-state index contributed by atoms with van der Waals surface area (Å²) in [6, 6.07) is 12.1. The molecule has 0 aliphatic heterocycles. The van der Waals surface area contributed by atoms with E-state index in [0.29, 0.717) is 17.3 Å². The molecule has 1 unspecified atom stereocenters. The largest absolute Gasteiger partial charge is 0.373 e. The summed E-state index contributed by atoms with van der Waals surface area (Å²) in [7, 11) is 0. The molecule has 2 aromatic carbocycles. The van der Waals surface area contributed by atoms with E-state index in [1.165, 1.54) is 37.7 Å². The summed E-state index contributed by atoms with van der Waals surface area (Å²) in [5.41, 5.74) is 2.95. The standard InChI is InChI=1S/C23H25N3O2/c1-15(16-7-9-18(10-8-16)17-5-3-2-4-6-17)25-20-21(23(28)22(20)27)26-19-11-13-24-14-12-19/h7-15,17,25H,2-6H2,1H3,(H,24,26). The van der Waals surface area contributed by atoms with Crippen LogP contribution in [0.5, 0.6) is 0 Å². The molecule has 1 fully saturated rings. The maximum absolute atomic E-state index is 12.1. The van der Waals surface area contributed by atoms with Gasteiger partial charge in [-0.05, 0) is 48.9 Å². The maximum Gasteiger partial charge on any atom is 0.253 e. The van der Waals surface area contributed by atoms with Gasteiger partial charge in [0.15, 0.2) is 0 Å². The molecule has 4 rings (SSSR count). The van der Waals surface area contributed by atoms with Crippen LogP contribution in [0.25, 0.3) is 0 Å². The number of hydrogen-bond acceptors (Lipinski definition) is 5. The molecule has 5 heteroatoms. The summed E-state index contributed by atoms with van der Waals surface area (Å²) in [6.45, 7) is 2.00. The van der Waals surface area contributed by atoms with Crippen LogP contribution in [-0.4, -0.2) is 4.98 Å². The topological polar surface area (TPSA) is 71.1 Å². The fourth-order valence-electron chi connectivity index (χ4n) is 4.02. The SMILES string of the molecule is CC(Nc1c(Nc2ccncc2)c(=O)c1=O)c1ccc(C2CCCCC2)cc1. The minimum atomic E-state index is -0.487. The number of pyridine rings is 1. The van der Waals surface area contributed by atoms with Crippen LogP contribution in [0.2, 0.25) is 0 Å². The molecule has 0 spiro atoms. The lowest BCUT2D eigenvalue weighted by Gasteiger charge is -2.23. The maximum atomic E-state index is 12.1. The van der Waals surface area contributed by atoms with Gasteiger partial charge in [-0.25, -0.2) is 0 Å². The van der Waals surface area contributed by atoms with Gasteiger partial charge in [0, 0.05) is 24.1 Å². The van der Waals surface area contributed by atoms with Crippen molar-refractivity contribution >= 4 is 17.1 Å². The van der Waals surface area contributed by atoms with Gasteiger partial charge in [0.05, 0.1) is 0 Å². The molecule has 144 valence electrons. The highest BCUT2D eigenvalue weighted by Gasteiger charge is 2.23. The van der Waals surface area contributed by atoms with E-state index in [1.54, 1.807) is 24.5 Å². The lowest BCUT2D eigenvalue weighted by atomic mass is 9.84. The van der Waals surface area contributed by atoms with E-state index in [4.69, 9.17) is 0 Å². The number of hydrogen-bond donors (Lipinski definition) is 2. The van der Waals surface area contributed by atoms with Crippen molar-refractivity contribution in [3.05, 3.63) is 80.4 Å². The van der Waals surface area contributed by atoms with E-state index < -0.39 is 10.9 Å². The third-order valence-corrected chi connectivity index (χ3v) is 5.73. The van der Waals surface area contributed by atoms with Crippen molar-refractivity contribution in [1.82, 2.24) is 4.98 Å².